The molecule has 3 heteroatoms. The van der Waals surface area contributed by atoms with Crippen LogP contribution in [0, 0.1) is 5.41 Å². The van der Waals surface area contributed by atoms with Crippen molar-refractivity contribution < 1.29 is 0 Å². The molecule has 0 atom stereocenters. The molecule has 0 aliphatic heterocycles. The molecule has 3 nitrogen and oxygen atoms in total. The fraction of sp³-hybridized carbons (Fsp3) is 0.571. The first-order valence-electron chi connectivity index (χ1n) is 3.41. The Kier molecular flexibility index (Phi) is 5.77. The van der Waals surface area contributed by atoms with Crippen molar-refractivity contribution in [3.05, 3.63) is 11.8 Å². The zero-order valence-corrected chi connectivity index (χ0v) is 6.35. The van der Waals surface area contributed by atoms with Crippen molar-refractivity contribution in [3.63, 3.8) is 0 Å². The van der Waals surface area contributed by atoms with Gasteiger partial charge in [-0.3, -0.25) is 0 Å². The highest BCUT2D eigenvalue weighted by molar-refractivity contribution is 5.75. The van der Waals surface area contributed by atoms with Gasteiger partial charge in [0.25, 0.3) is 0 Å². The zero-order chi connectivity index (χ0) is 7.82. The molecule has 0 aliphatic rings. The van der Waals surface area contributed by atoms with Gasteiger partial charge in [-0.15, -0.1) is 0 Å². The molecule has 0 aromatic carbocycles. The summed E-state index contributed by atoms with van der Waals surface area (Å²) in [4.78, 5) is 0. The van der Waals surface area contributed by atoms with Gasteiger partial charge in [0.2, 0.25) is 0 Å². The summed E-state index contributed by atoms with van der Waals surface area (Å²) < 4.78 is 0. The number of rotatable bonds is 5. The topological polar surface area (TPSA) is 61.9 Å². The molecule has 0 aromatic heterocycles. The molecule has 10 heavy (non-hydrogen) atoms. The van der Waals surface area contributed by atoms with E-state index in [-0.39, 0.29) is 0 Å². The lowest BCUT2D eigenvalue weighted by molar-refractivity contribution is 0.729. The number of nitrogens with two attached hydrogens (primary N) is 1. The van der Waals surface area contributed by atoms with Crippen molar-refractivity contribution in [2.24, 2.45) is 5.73 Å². The van der Waals surface area contributed by atoms with Crippen LogP contribution in [0.2, 0.25) is 0 Å². The van der Waals surface area contributed by atoms with Gasteiger partial charge in [0.05, 0.1) is 0 Å². The quantitative estimate of drug-likeness (QED) is 0.385. The zero-order valence-electron chi connectivity index (χ0n) is 6.35. The van der Waals surface area contributed by atoms with Gasteiger partial charge in [-0.2, -0.15) is 0 Å². The van der Waals surface area contributed by atoms with Gasteiger partial charge in [-0.25, -0.2) is 0 Å². The molecule has 0 saturated heterocycles. The second kappa shape index (κ2) is 6.29. The van der Waals surface area contributed by atoms with Crippen LogP contribution in [0.25, 0.3) is 0 Å². The van der Waals surface area contributed by atoms with Crippen LogP contribution in [0.15, 0.2) is 11.8 Å². The van der Waals surface area contributed by atoms with Crippen LogP contribution in [0.5, 0.6) is 0 Å². The van der Waals surface area contributed by atoms with E-state index in [4.69, 9.17) is 11.1 Å². The second-order valence-corrected chi connectivity index (χ2v) is 2.09. The number of allylic oxidation sites excluding steroid dienone is 1. The van der Waals surface area contributed by atoms with Gasteiger partial charge in [-0.05, 0) is 38.2 Å². The monoisotopic (exact) mass is 141 g/mol. The van der Waals surface area contributed by atoms with E-state index in [2.05, 4.69) is 5.32 Å². The van der Waals surface area contributed by atoms with Gasteiger partial charge in [0.15, 0.2) is 0 Å². The molecule has 0 spiro atoms. The highest BCUT2D eigenvalue weighted by Gasteiger charge is 1.89. The van der Waals surface area contributed by atoms with Crippen LogP contribution in [0.3, 0.4) is 0 Å². The van der Waals surface area contributed by atoms with Crippen LogP contribution < -0.4 is 11.1 Å². The predicted molar refractivity (Wildman–Crippen MR) is 44.2 cm³/mol. The predicted octanol–water partition coefficient (Wildman–Crippen LogP) is 0.478. The van der Waals surface area contributed by atoms with E-state index in [1.807, 2.05) is 7.05 Å². The largest absolute Gasteiger partial charge is 0.404 e. The standard InChI is InChI=1S/C7H15N3/c1-10-4-2-3-7(5-8)6-9/h5-6,8,10H,2-4,9H2,1H3/b7-6-,8-5?. The van der Waals surface area contributed by atoms with Crippen LogP contribution in [0.4, 0.5) is 0 Å². The molecule has 0 fully saturated rings. The van der Waals surface area contributed by atoms with Crippen molar-refractivity contribution in [1.82, 2.24) is 5.32 Å². The Hall–Kier alpha value is -0.830. The summed E-state index contributed by atoms with van der Waals surface area (Å²) in [6, 6.07) is 0. The summed E-state index contributed by atoms with van der Waals surface area (Å²) in [5, 5.41) is 9.93. The Bertz CT molecular complexity index is 118. The maximum absolute atomic E-state index is 6.90. The van der Waals surface area contributed by atoms with E-state index in [1.165, 1.54) is 12.4 Å². The number of hydrogen-bond acceptors (Lipinski definition) is 3. The Labute approximate surface area is 61.8 Å². The highest BCUT2D eigenvalue weighted by atomic mass is 14.8. The number of hydrogen-bond donors (Lipinski definition) is 3. The lowest BCUT2D eigenvalue weighted by Crippen LogP contribution is -2.07. The van der Waals surface area contributed by atoms with E-state index in [0.717, 1.165) is 25.0 Å². The minimum absolute atomic E-state index is 0.890. The molecule has 0 amide bonds. The minimum Gasteiger partial charge on any atom is -0.404 e. The van der Waals surface area contributed by atoms with Gasteiger partial charge in [-0.1, -0.05) is 0 Å². The average molecular weight is 141 g/mol. The van der Waals surface area contributed by atoms with E-state index in [9.17, 15) is 0 Å². The molecule has 0 aromatic rings. The number of nitrogens with one attached hydrogen (secondary N) is 2. The normalized spacial score (nSPS) is 11.5. The van der Waals surface area contributed by atoms with Crippen molar-refractivity contribution in [2.45, 2.75) is 12.8 Å². The molecule has 0 saturated carbocycles. The SMILES string of the molecule is CNCCC/C(C=N)=C/N. The Morgan fingerprint density at radius 1 is 1.70 bits per heavy atom. The molecule has 4 N–H and O–H groups in total. The van der Waals surface area contributed by atoms with E-state index >= 15 is 0 Å². The molecular weight excluding hydrogens is 126 g/mol. The van der Waals surface area contributed by atoms with Crippen molar-refractivity contribution in [2.75, 3.05) is 13.6 Å². The van der Waals surface area contributed by atoms with Crippen molar-refractivity contribution >= 4 is 6.21 Å². The third-order valence-corrected chi connectivity index (χ3v) is 1.29. The molecular formula is C7H15N3. The second-order valence-electron chi connectivity index (χ2n) is 2.09. The third kappa shape index (κ3) is 4.09. The summed E-state index contributed by atoms with van der Waals surface area (Å²) >= 11 is 0. The Morgan fingerprint density at radius 3 is 2.80 bits per heavy atom. The molecule has 0 aliphatic carbocycles. The van der Waals surface area contributed by atoms with E-state index in [1.54, 1.807) is 0 Å². The van der Waals surface area contributed by atoms with Crippen LogP contribution in [-0.4, -0.2) is 19.8 Å². The highest BCUT2D eigenvalue weighted by Crippen LogP contribution is 1.98. The van der Waals surface area contributed by atoms with Crippen molar-refractivity contribution in [1.29, 1.82) is 5.41 Å². The van der Waals surface area contributed by atoms with E-state index in [0.29, 0.717) is 0 Å². The first-order chi connectivity index (χ1) is 4.85. The maximum Gasteiger partial charge on any atom is 0.0224 e. The van der Waals surface area contributed by atoms with E-state index < -0.39 is 0 Å². The summed E-state index contributed by atoms with van der Waals surface area (Å²) in [6.07, 6.45) is 4.72. The first-order valence-corrected chi connectivity index (χ1v) is 3.41. The minimum atomic E-state index is 0.890. The molecule has 0 bridgehead atoms. The maximum atomic E-state index is 6.90. The fourth-order valence-electron chi connectivity index (χ4n) is 0.673. The summed E-state index contributed by atoms with van der Waals surface area (Å²) in [6.45, 7) is 0.977. The lowest BCUT2D eigenvalue weighted by atomic mass is 10.2. The van der Waals surface area contributed by atoms with Gasteiger partial charge >= 0.3 is 0 Å². The molecule has 0 unspecified atom stereocenters. The lowest BCUT2D eigenvalue weighted by Gasteiger charge is -1.98. The van der Waals surface area contributed by atoms with Crippen molar-refractivity contribution in [3.8, 4) is 0 Å². The summed E-state index contributed by atoms with van der Waals surface area (Å²) in [5.74, 6) is 0. The van der Waals surface area contributed by atoms with Crippen LogP contribution in [-0.2, 0) is 0 Å². The molecule has 0 heterocycles. The Balaban J connectivity index is 3.36. The summed E-state index contributed by atoms with van der Waals surface area (Å²) in [7, 11) is 1.91. The average Bonchev–Trinajstić information content (AvgIpc) is 1.99. The molecule has 0 radical (unpaired) electrons. The summed E-state index contributed by atoms with van der Waals surface area (Å²) in [5.41, 5.74) is 6.13. The van der Waals surface area contributed by atoms with Gasteiger partial charge in [0, 0.05) is 6.21 Å². The van der Waals surface area contributed by atoms with Crippen LogP contribution >= 0.6 is 0 Å². The fourth-order valence-corrected chi connectivity index (χ4v) is 0.673. The molecule has 58 valence electrons. The van der Waals surface area contributed by atoms with Gasteiger partial charge in [0.1, 0.15) is 0 Å². The Morgan fingerprint density at radius 2 is 2.40 bits per heavy atom. The third-order valence-electron chi connectivity index (χ3n) is 1.29. The smallest absolute Gasteiger partial charge is 0.0224 e. The first kappa shape index (κ1) is 9.17. The van der Waals surface area contributed by atoms with Crippen LogP contribution in [0.1, 0.15) is 12.8 Å². The van der Waals surface area contributed by atoms with Gasteiger partial charge < -0.3 is 16.5 Å². The molecule has 0 rings (SSSR count).